The lowest BCUT2D eigenvalue weighted by atomic mass is 9.96. The van der Waals surface area contributed by atoms with Crippen LogP contribution >= 0.6 is 14.7 Å². The van der Waals surface area contributed by atoms with Gasteiger partial charge in [0.25, 0.3) is 12.9 Å². The van der Waals surface area contributed by atoms with Gasteiger partial charge in [0.1, 0.15) is 0 Å². The Balaban J connectivity index is 0.000000236. The second-order valence-electron chi connectivity index (χ2n) is 11.4. The highest BCUT2D eigenvalue weighted by molar-refractivity contribution is 7.82. The van der Waals surface area contributed by atoms with Crippen molar-refractivity contribution in [3.63, 3.8) is 0 Å². The fourth-order valence-corrected chi connectivity index (χ4v) is 8.89. The Morgan fingerprint density at radius 2 is 1.35 bits per heavy atom. The first kappa shape index (κ1) is 34.4. The Kier molecular flexibility index (Phi) is 11.3. The number of carbonyl (C=O) groups excluding carboxylic acids is 1. The minimum atomic E-state index is -4.12. The molecule has 0 aliphatic heterocycles. The van der Waals surface area contributed by atoms with Crippen molar-refractivity contribution in [1.82, 2.24) is 0 Å². The topological polar surface area (TPSA) is 91.7 Å². The number of hydrogen-bond donors (Lipinski definition) is 2. The number of carbonyl (C=O) groups is 1. The molecule has 43 heavy (non-hydrogen) atoms. The lowest BCUT2D eigenvalue weighted by molar-refractivity contribution is 0.106. The summed E-state index contributed by atoms with van der Waals surface area (Å²) >= 11 is 0. The van der Waals surface area contributed by atoms with Crippen LogP contribution in [0.1, 0.15) is 68.7 Å². The summed E-state index contributed by atoms with van der Waals surface area (Å²) < 4.78 is 25.3. The summed E-state index contributed by atoms with van der Waals surface area (Å²) in [5.74, 6) is 0. The molecule has 5 nitrogen and oxygen atoms in total. The average molecular weight is 619 g/mol. The molecule has 0 fully saturated rings. The Morgan fingerprint density at radius 1 is 0.814 bits per heavy atom. The van der Waals surface area contributed by atoms with Gasteiger partial charge in [-0.2, -0.15) is 0 Å². The molecule has 0 saturated heterocycles. The van der Waals surface area contributed by atoms with Crippen molar-refractivity contribution in [2.24, 2.45) is 0 Å². The first-order chi connectivity index (χ1) is 20.1. The number of benzene rings is 3. The van der Waals surface area contributed by atoms with Crippen LogP contribution in [-0.4, -0.2) is 27.1 Å². The van der Waals surface area contributed by atoms with Crippen molar-refractivity contribution in [3.05, 3.63) is 128 Å². The van der Waals surface area contributed by atoms with Crippen molar-refractivity contribution in [3.8, 4) is 0 Å². The van der Waals surface area contributed by atoms with Gasteiger partial charge in [0.05, 0.1) is 5.66 Å². The first-order valence-electron chi connectivity index (χ1n) is 14.6. The molecule has 4 rings (SSSR count). The zero-order valence-electron chi connectivity index (χ0n) is 26.5. The fraction of sp³-hybridized carbons (Fsp3) is 0.306. The SMILES string of the molecule is CCP(=O)(O)C1C=CC=CC1=Cc1c(C)cc(C)cc1C.CCc1ccccc1P(=O)(O)C(=O)c1c(C)cc(C)cc1C. The normalized spacial score (nSPS) is 18.0. The maximum Gasteiger partial charge on any atom is 0.298 e. The predicted molar refractivity (Wildman–Crippen MR) is 181 cm³/mol. The van der Waals surface area contributed by atoms with E-state index in [9.17, 15) is 23.7 Å². The van der Waals surface area contributed by atoms with E-state index in [1.807, 2.05) is 56.4 Å². The molecule has 3 aromatic carbocycles. The molecule has 1 aliphatic rings. The van der Waals surface area contributed by atoms with E-state index in [4.69, 9.17) is 0 Å². The summed E-state index contributed by atoms with van der Waals surface area (Å²) in [5, 5.41) is 0.252. The zero-order valence-corrected chi connectivity index (χ0v) is 28.3. The number of hydrogen-bond acceptors (Lipinski definition) is 3. The molecule has 3 unspecified atom stereocenters. The van der Waals surface area contributed by atoms with Crippen LogP contribution in [0.4, 0.5) is 0 Å². The number of allylic oxidation sites excluding steroid dienone is 5. The van der Waals surface area contributed by atoms with Crippen LogP contribution in [0.3, 0.4) is 0 Å². The molecule has 2 N–H and O–H groups in total. The largest absolute Gasteiger partial charge is 0.344 e. The molecule has 0 aromatic heterocycles. The summed E-state index contributed by atoms with van der Waals surface area (Å²) in [4.78, 5) is 33.5. The van der Waals surface area contributed by atoms with Crippen LogP contribution in [-0.2, 0) is 15.6 Å². The van der Waals surface area contributed by atoms with E-state index in [2.05, 4.69) is 39.0 Å². The molecule has 0 saturated carbocycles. The standard InChI is InChI=1S/C18H21O3P.C18H23O2P/c1-5-15-8-6-7-9-16(15)22(20,21)18(19)17-13(3)10-12(2)11-14(17)4;1-5-21(19,20)18-9-7-6-8-16(18)12-17-14(3)10-13(2)11-15(17)4/h6-11H,5H2,1-4H3,(H,20,21);6-12,18H,5H2,1-4H3,(H,19,20). The van der Waals surface area contributed by atoms with E-state index >= 15 is 0 Å². The Morgan fingerprint density at radius 3 is 1.88 bits per heavy atom. The molecule has 0 bridgehead atoms. The second kappa shape index (κ2) is 14.1. The van der Waals surface area contributed by atoms with Crippen LogP contribution < -0.4 is 5.30 Å². The van der Waals surface area contributed by atoms with Crippen LogP contribution in [0.25, 0.3) is 6.08 Å². The summed E-state index contributed by atoms with van der Waals surface area (Å²) in [7, 11) is -7.31. The molecule has 0 radical (unpaired) electrons. The third-order valence-electron chi connectivity index (χ3n) is 7.84. The lowest BCUT2D eigenvalue weighted by Gasteiger charge is -2.22. The minimum absolute atomic E-state index is 0.252. The van der Waals surface area contributed by atoms with E-state index in [0.717, 1.165) is 33.4 Å². The van der Waals surface area contributed by atoms with Crippen LogP contribution in [0, 0.1) is 41.5 Å². The van der Waals surface area contributed by atoms with Crippen molar-refractivity contribution in [2.75, 3.05) is 6.16 Å². The van der Waals surface area contributed by atoms with Gasteiger partial charge in [-0.1, -0.05) is 97.8 Å². The van der Waals surface area contributed by atoms with E-state index in [0.29, 0.717) is 18.1 Å². The summed E-state index contributed by atoms with van der Waals surface area (Å²) in [6.07, 6.45) is 10.5. The van der Waals surface area contributed by atoms with E-state index in [1.54, 1.807) is 39.0 Å². The average Bonchev–Trinajstić information content (AvgIpc) is 2.94. The van der Waals surface area contributed by atoms with Gasteiger partial charge in [-0.05, 0) is 93.0 Å². The molecule has 228 valence electrons. The highest BCUT2D eigenvalue weighted by Gasteiger charge is 2.35. The molecule has 0 amide bonds. The van der Waals surface area contributed by atoms with Crippen molar-refractivity contribution in [1.29, 1.82) is 0 Å². The molecule has 0 spiro atoms. The highest BCUT2D eigenvalue weighted by atomic mass is 31.2. The Bertz CT molecular complexity index is 1660. The summed E-state index contributed by atoms with van der Waals surface area (Å²) in [5.41, 5.74) is 8.25. The maximum atomic E-state index is 12.9. The third kappa shape index (κ3) is 7.91. The highest BCUT2D eigenvalue weighted by Crippen LogP contribution is 2.51. The molecular weight excluding hydrogens is 574 g/mol. The van der Waals surface area contributed by atoms with Crippen molar-refractivity contribution >= 4 is 31.6 Å². The molecule has 3 aromatic rings. The van der Waals surface area contributed by atoms with Gasteiger partial charge >= 0.3 is 0 Å². The van der Waals surface area contributed by atoms with Crippen molar-refractivity contribution in [2.45, 2.75) is 67.5 Å². The lowest BCUT2D eigenvalue weighted by Crippen LogP contribution is -2.18. The molecule has 0 heterocycles. The quantitative estimate of drug-likeness (QED) is 0.259. The smallest absolute Gasteiger partial charge is 0.298 e. The maximum absolute atomic E-state index is 12.9. The van der Waals surface area contributed by atoms with Crippen LogP contribution in [0.15, 0.2) is 78.4 Å². The fourth-order valence-electron chi connectivity index (χ4n) is 5.71. The molecule has 7 heteroatoms. The van der Waals surface area contributed by atoms with Gasteiger partial charge in [-0.25, -0.2) is 0 Å². The van der Waals surface area contributed by atoms with E-state index in [-0.39, 0.29) is 5.30 Å². The number of rotatable bonds is 7. The summed E-state index contributed by atoms with van der Waals surface area (Å²) in [6, 6.07) is 14.9. The van der Waals surface area contributed by atoms with Gasteiger partial charge in [0, 0.05) is 17.0 Å². The monoisotopic (exact) mass is 618 g/mol. The van der Waals surface area contributed by atoms with Gasteiger partial charge in [0.15, 0.2) is 0 Å². The van der Waals surface area contributed by atoms with Gasteiger partial charge in [-0.3, -0.25) is 13.9 Å². The minimum Gasteiger partial charge on any atom is -0.344 e. The van der Waals surface area contributed by atoms with Crippen molar-refractivity contribution < 1.29 is 23.7 Å². The first-order valence-corrected chi connectivity index (χ1v) is 18.2. The predicted octanol–water partition coefficient (Wildman–Crippen LogP) is 8.69. The zero-order chi connectivity index (χ0) is 32.1. The van der Waals surface area contributed by atoms with Gasteiger partial charge < -0.3 is 9.79 Å². The molecular formula is C36H44O5P2. The summed E-state index contributed by atoms with van der Waals surface area (Å²) in [6.45, 7) is 15.5. The van der Waals surface area contributed by atoms with Crippen LogP contribution in [0.5, 0.6) is 0 Å². The third-order valence-corrected chi connectivity index (χ3v) is 11.9. The molecule has 3 atom stereocenters. The van der Waals surface area contributed by atoms with Gasteiger partial charge in [-0.15, -0.1) is 0 Å². The Hall–Kier alpha value is -3.07. The van der Waals surface area contributed by atoms with E-state index < -0.39 is 25.9 Å². The van der Waals surface area contributed by atoms with Gasteiger partial charge in [0.2, 0.25) is 7.37 Å². The molecule has 1 aliphatic carbocycles. The van der Waals surface area contributed by atoms with E-state index in [1.165, 1.54) is 16.7 Å². The number of aryl methyl sites for hydroxylation is 7. The van der Waals surface area contributed by atoms with Crippen LogP contribution in [0.2, 0.25) is 0 Å². The second-order valence-corrected chi connectivity index (χ2v) is 16.1. The Labute approximate surface area is 257 Å².